The summed E-state index contributed by atoms with van der Waals surface area (Å²) in [4.78, 5) is 0. The summed E-state index contributed by atoms with van der Waals surface area (Å²) < 4.78 is 5.23. The van der Waals surface area contributed by atoms with Crippen LogP contribution in [0.5, 0.6) is 0 Å². The summed E-state index contributed by atoms with van der Waals surface area (Å²) in [6, 6.07) is 0.791. The fourth-order valence-electron chi connectivity index (χ4n) is 1.37. The first kappa shape index (κ1) is 11.0. The molecular weight excluding hydrogens is 180 g/mol. The first-order valence-electron chi connectivity index (χ1n) is 4.90. The average Bonchev–Trinajstić information content (AvgIpc) is 2.50. The van der Waals surface area contributed by atoms with Gasteiger partial charge in [-0.25, -0.2) is 0 Å². The predicted molar refractivity (Wildman–Crippen MR) is 54.7 cm³/mol. The number of anilines is 1. The van der Waals surface area contributed by atoms with Gasteiger partial charge in [0, 0.05) is 6.04 Å². The standard InChI is InChI=1S/C9H18N4O/c1-6(2)4-7(3)11-9-13-12-8(5-10)14-9/h6-7H,4-5,10H2,1-3H3,(H,11,13). The zero-order valence-corrected chi connectivity index (χ0v) is 8.95. The van der Waals surface area contributed by atoms with Gasteiger partial charge in [0.25, 0.3) is 0 Å². The molecule has 0 amide bonds. The Kier molecular flexibility index (Phi) is 3.88. The topological polar surface area (TPSA) is 77.0 Å². The van der Waals surface area contributed by atoms with Crippen molar-refractivity contribution in [2.24, 2.45) is 11.7 Å². The van der Waals surface area contributed by atoms with Crippen LogP contribution in [0.1, 0.15) is 33.1 Å². The minimum Gasteiger partial charge on any atom is -0.407 e. The SMILES string of the molecule is CC(C)CC(C)Nc1nnc(CN)o1. The van der Waals surface area contributed by atoms with Crippen LogP contribution in [0, 0.1) is 5.92 Å². The Labute approximate surface area is 84.1 Å². The van der Waals surface area contributed by atoms with Crippen LogP contribution >= 0.6 is 0 Å². The van der Waals surface area contributed by atoms with Gasteiger partial charge < -0.3 is 15.5 Å². The van der Waals surface area contributed by atoms with E-state index in [1.54, 1.807) is 0 Å². The molecule has 0 aliphatic carbocycles. The summed E-state index contributed by atoms with van der Waals surface area (Å²) >= 11 is 0. The van der Waals surface area contributed by atoms with Crippen LogP contribution in [0.25, 0.3) is 0 Å². The molecule has 0 aromatic carbocycles. The maximum absolute atomic E-state index is 5.35. The third-order valence-electron chi connectivity index (χ3n) is 1.84. The summed E-state index contributed by atoms with van der Waals surface area (Å²) in [6.07, 6.45) is 1.07. The van der Waals surface area contributed by atoms with Crippen LogP contribution in [0.4, 0.5) is 6.01 Å². The van der Waals surface area contributed by atoms with E-state index in [0.717, 1.165) is 6.42 Å². The van der Waals surface area contributed by atoms with Gasteiger partial charge in [0.05, 0.1) is 6.54 Å². The summed E-state index contributed by atoms with van der Waals surface area (Å²) in [5.41, 5.74) is 5.35. The summed E-state index contributed by atoms with van der Waals surface area (Å²) in [6.45, 7) is 6.73. The third-order valence-corrected chi connectivity index (χ3v) is 1.84. The normalized spacial score (nSPS) is 13.2. The van der Waals surface area contributed by atoms with Crippen molar-refractivity contribution in [2.75, 3.05) is 5.32 Å². The van der Waals surface area contributed by atoms with Crippen LogP contribution < -0.4 is 11.1 Å². The second-order valence-corrected chi connectivity index (χ2v) is 3.88. The lowest BCUT2D eigenvalue weighted by Crippen LogP contribution is -2.17. The van der Waals surface area contributed by atoms with Gasteiger partial charge in [-0.15, -0.1) is 5.10 Å². The highest BCUT2D eigenvalue weighted by atomic mass is 16.4. The highest BCUT2D eigenvalue weighted by Crippen LogP contribution is 2.11. The Balaban J connectivity index is 2.43. The number of hydrogen-bond donors (Lipinski definition) is 2. The van der Waals surface area contributed by atoms with E-state index in [4.69, 9.17) is 10.2 Å². The van der Waals surface area contributed by atoms with E-state index in [0.29, 0.717) is 23.9 Å². The minimum atomic E-state index is 0.285. The van der Waals surface area contributed by atoms with Crippen molar-refractivity contribution in [3.63, 3.8) is 0 Å². The first-order chi connectivity index (χ1) is 6.61. The molecule has 0 saturated carbocycles. The molecule has 0 bridgehead atoms. The Hall–Kier alpha value is -1.10. The van der Waals surface area contributed by atoms with Gasteiger partial charge >= 0.3 is 6.01 Å². The second kappa shape index (κ2) is 4.95. The van der Waals surface area contributed by atoms with Crippen molar-refractivity contribution < 1.29 is 4.42 Å². The summed E-state index contributed by atoms with van der Waals surface area (Å²) in [5.74, 6) is 1.11. The molecule has 5 heteroatoms. The number of nitrogens with two attached hydrogens (primary N) is 1. The molecule has 5 nitrogen and oxygen atoms in total. The molecule has 1 aromatic rings. The molecule has 1 unspecified atom stereocenters. The molecule has 1 rings (SSSR count). The number of rotatable bonds is 5. The molecule has 0 aliphatic heterocycles. The minimum absolute atomic E-state index is 0.285. The maximum atomic E-state index is 5.35. The van der Waals surface area contributed by atoms with Crippen LogP contribution in [0.3, 0.4) is 0 Å². The fraction of sp³-hybridized carbons (Fsp3) is 0.778. The Bertz CT molecular complexity index is 272. The van der Waals surface area contributed by atoms with Crippen LogP contribution in [0.2, 0.25) is 0 Å². The third kappa shape index (κ3) is 3.33. The highest BCUT2D eigenvalue weighted by Gasteiger charge is 2.09. The van der Waals surface area contributed by atoms with Gasteiger partial charge in [0.2, 0.25) is 5.89 Å². The van der Waals surface area contributed by atoms with E-state index in [-0.39, 0.29) is 6.54 Å². The lowest BCUT2D eigenvalue weighted by atomic mass is 10.1. The molecule has 0 spiro atoms. The van der Waals surface area contributed by atoms with Gasteiger partial charge in [-0.1, -0.05) is 18.9 Å². The number of aromatic nitrogens is 2. The van der Waals surface area contributed by atoms with E-state index in [1.807, 2.05) is 0 Å². The first-order valence-corrected chi connectivity index (χ1v) is 4.90. The molecule has 0 saturated heterocycles. The smallest absolute Gasteiger partial charge is 0.315 e. The van der Waals surface area contributed by atoms with Gasteiger partial charge in [-0.2, -0.15) is 0 Å². The molecule has 80 valence electrons. The van der Waals surface area contributed by atoms with E-state index < -0.39 is 0 Å². The zero-order chi connectivity index (χ0) is 10.6. The molecule has 1 atom stereocenters. The van der Waals surface area contributed by atoms with Crippen molar-refractivity contribution in [2.45, 2.75) is 39.8 Å². The van der Waals surface area contributed by atoms with Crippen molar-refractivity contribution in [1.82, 2.24) is 10.2 Å². The largest absolute Gasteiger partial charge is 0.407 e. The maximum Gasteiger partial charge on any atom is 0.315 e. The second-order valence-electron chi connectivity index (χ2n) is 3.88. The zero-order valence-electron chi connectivity index (χ0n) is 8.95. The van der Waals surface area contributed by atoms with E-state index in [1.165, 1.54) is 0 Å². The molecule has 14 heavy (non-hydrogen) atoms. The van der Waals surface area contributed by atoms with E-state index >= 15 is 0 Å². The lowest BCUT2D eigenvalue weighted by Gasteiger charge is -2.13. The van der Waals surface area contributed by atoms with Crippen molar-refractivity contribution in [1.29, 1.82) is 0 Å². The number of nitrogens with zero attached hydrogens (tertiary/aromatic N) is 2. The molecule has 1 heterocycles. The Morgan fingerprint density at radius 3 is 2.57 bits per heavy atom. The van der Waals surface area contributed by atoms with Gasteiger partial charge in [0.15, 0.2) is 0 Å². The van der Waals surface area contributed by atoms with Crippen molar-refractivity contribution in [3.8, 4) is 0 Å². The fourth-order valence-corrected chi connectivity index (χ4v) is 1.37. The molecule has 0 aliphatic rings. The molecule has 0 fully saturated rings. The van der Waals surface area contributed by atoms with Crippen molar-refractivity contribution >= 4 is 6.01 Å². The van der Waals surface area contributed by atoms with Crippen LogP contribution in [0.15, 0.2) is 4.42 Å². The average molecular weight is 198 g/mol. The van der Waals surface area contributed by atoms with Crippen LogP contribution in [-0.4, -0.2) is 16.2 Å². The highest BCUT2D eigenvalue weighted by molar-refractivity contribution is 5.18. The molecule has 0 radical (unpaired) electrons. The Morgan fingerprint density at radius 2 is 2.07 bits per heavy atom. The number of hydrogen-bond acceptors (Lipinski definition) is 5. The predicted octanol–water partition coefficient (Wildman–Crippen LogP) is 1.37. The monoisotopic (exact) mass is 198 g/mol. The molecular formula is C9H18N4O. The lowest BCUT2D eigenvalue weighted by molar-refractivity contribution is 0.485. The van der Waals surface area contributed by atoms with Gasteiger partial charge in [-0.3, -0.25) is 0 Å². The molecule has 1 aromatic heterocycles. The molecule has 3 N–H and O–H groups in total. The summed E-state index contributed by atoms with van der Waals surface area (Å²) in [5, 5.41) is 10.7. The van der Waals surface area contributed by atoms with Crippen molar-refractivity contribution in [3.05, 3.63) is 5.89 Å². The number of nitrogens with one attached hydrogen (secondary N) is 1. The Morgan fingerprint density at radius 1 is 1.36 bits per heavy atom. The van der Waals surface area contributed by atoms with Crippen LogP contribution in [-0.2, 0) is 6.54 Å². The van der Waals surface area contributed by atoms with E-state index in [9.17, 15) is 0 Å². The quantitative estimate of drug-likeness (QED) is 0.747. The van der Waals surface area contributed by atoms with E-state index in [2.05, 4.69) is 36.3 Å². The van der Waals surface area contributed by atoms with Gasteiger partial charge in [-0.05, 0) is 19.3 Å². The summed E-state index contributed by atoms with van der Waals surface area (Å²) in [7, 11) is 0. The van der Waals surface area contributed by atoms with Gasteiger partial charge in [0.1, 0.15) is 0 Å².